The number of nitrogens with zero attached hydrogens (tertiary/aromatic N) is 3. The van der Waals surface area contributed by atoms with Crippen molar-refractivity contribution in [2.75, 3.05) is 26.7 Å². The number of carboxylic acid groups (broad SMARTS) is 1. The first-order valence-corrected chi connectivity index (χ1v) is 10.5. The fourth-order valence-corrected chi connectivity index (χ4v) is 5.18. The molecule has 144 valence electrons. The predicted molar refractivity (Wildman–Crippen MR) is 110 cm³/mol. The minimum absolute atomic E-state index is 0.142. The van der Waals surface area contributed by atoms with E-state index in [2.05, 4.69) is 44.0 Å². The van der Waals surface area contributed by atoms with E-state index in [4.69, 9.17) is 4.98 Å². The third-order valence-corrected chi connectivity index (χ3v) is 7.36. The number of benzene rings is 1. The maximum Gasteiger partial charge on any atom is 0.411 e. The lowest BCUT2D eigenvalue weighted by atomic mass is 9.81. The minimum Gasteiger partial charge on any atom is -0.465 e. The zero-order valence-corrected chi connectivity index (χ0v) is 17.1. The Hall–Kier alpha value is -1.92. The molecule has 1 aromatic heterocycles. The molecule has 0 aliphatic carbocycles. The summed E-state index contributed by atoms with van der Waals surface area (Å²) in [6, 6.07) is 6.20. The molecule has 2 aliphatic rings. The molecular weight excluding hydrogens is 358 g/mol. The Kier molecular flexibility index (Phi) is 4.72. The van der Waals surface area contributed by atoms with Crippen LogP contribution < -0.4 is 0 Å². The van der Waals surface area contributed by atoms with E-state index in [0.717, 1.165) is 49.1 Å². The van der Waals surface area contributed by atoms with E-state index in [1.807, 2.05) is 6.07 Å². The number of aromatic nitrogens is 1. The second-order valence-corrected chi connectivity index (χ2v) is 9.42. The van der Waals surface area contributed by atoms with Crippen LogP contribution in [0.5, 0.6) is 0 Å². The molecular formula is C21H27N3O2S. The molecule has 2 aliphatic heterocycles. The molecule has 1 amide bonds. The van der Waals surface area contributed by atoms with Gasteiger partial charge < -0.3 is 10.0 Å². The molecule has 0 bridgehead atoms. The Morgan fingerprint density at radius 3 is 2.78 bits per heavy atom. The van der Waals surface area contributed by atoms with Crippen LogP contribution in [0.4, 0.5) is 4.79 Å². The van der Waals surface area contributed by atoms with Gasteiger partial charge in [0.2, 0.25) is 0 Å². The lowest BCUT2D eigenvalue weighted by Gasteiger charge is -2.36. The third-order valence-electron chi connectivity index (χ3n) is 6.02. The molecule has 2 aromatic rings. The van der Waals surface area contributed by atoms with Gasteiger partial charge in [-0.15, -0.1) is 11.3 Å². The molecule has 1 fully saturated rings. The van der Waals surface area contributed by atoms with E-state index in [0.29, 0.717) is 12.5 Å². The summed E-state index contributed by atoms with van der Waals surface area (Å²) in [5.74, 6) is 0.351. The fourth-order valence-electron chi connectivity index (χ4n) is 4.03. The topological polar surface area (TPSA) is 56.7 Å². The Morgan fingerprint density at radius 1 is 1.33 bits per heavy atom. The Balaban J connectivity index is 1.68. The number of piperidine rings is 1. The number of hydrogen-bond acceptors (Lipinski definition) is 4. The van der Waals surface area contributed by atoms with E-state index in [9.17, 15) is 9.90 Å². The molecule has 0 saturated carbocycles. The van der Waals surface area contributed by atoms with Crippen LogP contribution in [0, 0.1) is 5.92 Å². The number of thiazole rings is 1. The predicted octanol–water partition coefficient (Wildman–Crippen LogP) is 4.64. The first kappa shape index (κ1) is 18.4. The van der Waals surface area contributed by atoms with Crippen LogP contribution in [0.2, 0.25) is 0 Å². The molecule has 5 nitrogen and oxygen atoms in total. The van der Waals surface area contributed by atoms with E-state index in [1.165, 1.54) is 14.6 Å². The SMILES string of the molecule is C[C@H]1CC=C(c2ccc3sc(C4(C)CCN(C)CC4)nc3c2)N(C(=O)O)C1. The van der Waals surface area contributed by atoms with Crippen molar-refractivity contribution in [2.24, 2.45) is 5.92 Å². The molecule has 0 radical (unpaired) electrons. The van der Waals surface area contributed by atoms with Gasteiger partial charge in [0.1, 0.15) is 0 Å². The van der Waals surface area contributed by atoms with Gasteiger partial charge in [-0.05, 0) is 57.5 Å². The van der Waals surface area contributed by atoms with E-state index < -0.39 is 6.09 Å². The van der Waals surface area contributed by atoms with Gasteiger partial charge in [-0.3, -0.25) is 4.90 Å². The summed E-state index contributed by atoms with van der Waals surface area (Å²) in [4.78, 5) is 20.5. The summed E-state index contributed by atoms with van der Waals surface area (Å²) in [5.41, 5.74) is 2.87. The number of hydrogen-bond donors (Lipinski definition) is 1. The van der Waals surface area contributed by atoms with Crippen molar-refractivity contribution in [3.8, 4) is 0 Å². The molecule has 1 saturated heterocycles. The minimum atomic E-state index is -0.884. The highest BCUT2D eigenvalue weighted by atomic mass is 32.1. The Bertz CT molecular complexity index is 896. The van der Waals surface area contributed by atoms with Gasteiger partial charge in [0.25, 0.3) is 0 Å². The number of amides is 1. The summed E-state index contributed by atoms with van der Waals surface area (Å²) in [5, 5.41) is 10.8. The fraction of sp³-hybridized carbons (Fsp3) is 0.524. The van der Waals surface area contributed by atoms with Crippen LogP contribution in [0.25, 0.3) is 15.9 Å². The molecule has 4 rings (SSSR count). The van der Waals surface area contributed by atoms with Gasteiger partial charge in [0.15, 0.2) is 0 Å². The first-order chi connectivity index (χ1) is 12.9. The van der Waals surface area contributed by atoms with Crippen molar-refractivity contribution >= 4 is 33.3 Å². The normalized spacial score (nSPS) is 23.4. The average molecular weight is 386 g/mol. The largest absolute Gasteiger partial charge is 0.465 e. The number of allylic oxidation sites excluding steroid dienone is 1. The lowest BCUT2D eigenvalue weighted by Crippen LogP contribution is -2.38. The van der Waals surface area contributed by atoms with E-state index in [-0.39, 0.29) is 5.41 Å². The van der Waals surface area contributed by atoms with Crippen LogP contribution in [0.1, 0.15) is 43.7 Å². The second kappa shape index (κ2) is 6.91. The highest BCUT2D eigenvalue weighted by Crippen LogP contribution is 2.39. The quantitative estimate of drug-likeness (QED) is 0.818. The third kappa shape index (κ3) is 3.48. The molecule has 1 atom stereocenters. The van der Waals surface area contributed by atoms with Gasteiger partial charge in [-0.1, -0.05) is 26.0 Å². The van der Waals surface area contributed by atoms with Gasteiger partial charge >= 0.3 is 6.09 Å². The number of carbonyl (C=O) groups is 1. The standard InChI is InChI=1S/C21H27N3O2S/c1-14-4-6-17(24(13-14)20(25)26)15-5-7-18-16(12-15)22-19(27-18)21(2)8-10-23(3)11-9-21/h5-7,12,14H,4,8-11,13H2,1-3H3,(H,25,26)/t14-/m0/s1. The van der Waals surface area contributed by atoms with Crippen molar-refractivity contribution in [2.45, 2.75) is 38.5 Å². The average Bonchev–Trinajstić information content (AvgIpc) is 3.08. The maximum atomic E-state index is 11.7. The van der Waals surface area contributed by atoms with Crippen LogP contribution in [0.3, 0.4) is 0 Å². The summed E-state index contributed by atoms with van der Waals surface area (Å²) >= 11 is 1.79. The molecule has 1 aromatic carbocycles. The number of rotatable bonds is 2. The monoisotopic (exact) mass is 385 g/mol. The van der Waals surface area contributed by atoms with Crippen molar-refractivity contribution in [3.63, 3.8) is 0 Å². The summed E-state index contributed by atoms with van der Waals surface area (Å²) in [6.07, 6.45) is 4.34. The van der Waals surface area contributed by atoms with Crippen LogP contribution in [-0.2, 0) is 5.41 Å². The number of likely N-dealkylation sites (tertiary alicyclic amines) is 1. The van der Waals surface area contributed by atoms with Crippen molar-refractivity contribution < 1.29 is 9.90 Å². The molecule has 27 heavy (non-hydrogen) atoms. The zero-order chi connectivity index (χ0) is 19.2. The molecule has 0 unspecified atom stereocenters. The smallest absolute Gasteiger partial charge is 0.411 e. The van der Waals surface area contributed by atoms with Crippen molar-refractivity contribution in [1.29, 1.82) is 0 Å². The van der Waals surface area contributed by atoms with Crippen molar-refractivity contribution in [1.82, 2.24) is 14.8 Å². The summed E-state index contributed by atoms with van der Waals surface area (Å²) in [6.45, 7) is 7.18. The Labute approximate surface area is 164 Å². The van der Waals surface area contributed by atoms with Gasteiger partial charge in [-0.25, -0.2) is 9.78 Å². The van der Waals surface area contributed by atoms with Crippen molar-refractivity contribution in [3.05, 3.63) is 34.8 Å². The van der Waals surface area contributed by atoms with E-state index in [1.54, 1.807) is 11.3 Å². The molecule has 3 heterocycles. The highest BCUT2D eigenvalue weighted by molar-refractivity contribution is 7.18. The van der Waals surface area contributed by atoms with Gasteiger partial charge in [-0.2, -0.15) is 0 Å². The number of fused-ring (bicyclic) bond motifs is 1. The molecule has 6 heteroatoms. The molecule has 0 spiro atoms. The van der Waals surface area contributed by atoms with Crippen LogP contribution in [0.15, 0.2) is 24.3 Å². The first-order valence-electron chi connectivity index (χ1n) is 9.66. The van der Waals surface area contributed by atoms with Crippen LogP contribution in [-0.4, -0.2) is 52.7 Å². The lowest BCUT2D eigenvalue weighted by molar-refractivity contribution is 0.159. The summed E-state index contributed by atoms with van der Waals surface area (Å²) < 4.78 is 1.18. The van der Waals surface area contributed by atoms with Crippen LogP contribution >= 0.6 is 11.3 Å². The van der Waals surface area contributed by atoms with Gasteiger partial charge in [0, 0.05) is 17.5 Å². The maximum absolute atomic E-state index is 11.7. The summed E-state index contributed by atoms with van der Waals surface area (Å²) in [7, 11) is 2.18. The van der Waals surface area contributed by atoms with Gasteiger partial charge in [0.05, 0.1) is 20.9 Å². The second-order valence-electron chi connectivity index (χ2n) is 8.39. The molecule has 1 N–H and O–H groups in total. The Morgan fingerprint density at radius 2 is 2.07 bits per heavy atom. The van der Waals surface area contributed by atoms with E-state index >= 15 is 0 Å². The highest BCUT2D eigenvalue weighted by Gasteiger charge is 2.33. The zero-order valence-electron chi connectivity index (χ0n) is 16.2.